The summed E-state index contributed by atoms with van der Waals surface area (Å²) >= 11 is 0. The molecular weight excluding hydrogens is 188 g/mol. The molecule has 0 aromatic rings. The Labute approximate surface area is 86.3 Å². The molecule has 0 unspecified atom stereocenters. The van der Waals surface area contributed by atoms with Crippen molar-refractivity contribution >= 4 is 18.4 Å². The van der Waals surface area contributed by atoms with E-state index in [9.17, 15) is 4.79 Å². The largest absolute Gasteiger partial charge is 0.338 e. The van der Waals surface area contributed by atoms with Crippen LogP contribution in [0.25, 0.3) is 0 Å². The molecule has 0 aromatic carbocycles. The molecule has 0 aliphatic carbocycles. The van der Waals surface area contributed by atoms with Gasteiger partial charge in [-0.3, -0.25) is 0 Å². The van der Waals surface area contributed by atoms with Crippen molar-refractivity contribution in [1.29, 1.82) is 0 Å². The number of hydrogen-bond donors (Lipinski definition) is 1. The molecule has 13 heavy (non-hydrogen) atoms. The number of nitrogens with one attached hydrogen (secondary N) is 1. The first-order valence-corrected chi connectivity index (χ1v) is 4.87. The lowest BCUT2D eigenvalue weighted by molar-refractivity contribution is 0.186. The number of likely N-dealkylation sites (tertiary alicyclic amines) is 1. The Kier molecular flexibility index (Phi) is 6.77. The second-order valence-electron chi connectivity index (χ2n) is 3.28. The molecule has 1 saturated heterocycles. The Balaban J connectivity index is 0.00000144. The van der Waals surface area contributed by atoms with Crippen LogP contribution < -0.4 is 5.32 Å². The van der Waals surface area contributed by atoms with Crippen LogP contribution in [0.1, 0.15) is 32.6 Å². The zero-order valence-corrected chi connectivity index (χ0v) is 9.03. The van der Waals surface area contributed by atoms with E-state index in [0.29, 0.717) is 0 Å². The molecule has 0 spiro atoms. The fraction of sp³-hybridized carbons (Fsp3) is 0.889. The minimum atomic E-state index is 0. The molecule has 0 aromatic heterocycles. The van der Waals surface area contributed by atoms with Gasteiger partial charge in [0.25, 0.3) is 0 Å². The number of hydrogen-bond acceptors (Lipinski definition) is 1. The van der Waals surface area contributed by atoms with Crippen molar-refractivity contribution in [3.05, 3.63) is 0 Å². The molecule has 1 aliphatic rings. The Morgan fingerprint density at radius 2 is 1.92 bits per heavy atom. The summed E-state index contributed by atoms with van der Waals surface area (Å²) in [6.07, 6.45) is 4.62. The quantitative estimate of drug-likeness (QED) is 0.737. The third-order valence-corrected chi connectivity index (χ3v) is 2.17. The highest BCUT2D eigenvalue weighted by molar-refractivity contribution is 5.85. The fourth-order valence-corrected chi connectivity index (χ4v) is 1.44. The number of rotatable bonds is 2. The van der Waals surface area contributed by atoms with Crippen molar-refractivity contribution in [1.82, 2.24) is 10.2 Å². The Morgan fingerprint density at radius 1 is 1.31 bits per heavy atom. The van der Waals surface area contributed by atoms with Crippen LogP contribution in [0.15, 0.2) is 0 Å². The zero-order valence-electron chi connectivity index (χ0n) is 8.21. The van der Waals surface area contributed by atoms with Crippen LogP contribution in [0, 0.1) is 0 Å². The topological polar surface area (TPSA) is 32.3 Å². The molecule has 1 N–H and O–H groups in total. The SMILES string of the molecule is CCCNC(=O)N1CCCCC1.Cl. The van der Waals surface area contributed by atoms with E-state index in [-0.39, 0.29) is 18.4 Å². The number of carbonyl (C=O) groups excluding carboxylic acids is 1. The van der Waals surface area contributed by atoms with Crippen molar-refractivity contribution in [3.8, 4) is 0 Å². The lowest BCUT2D eigenvalue weighted by Gasteiger charge is -2.26. The Bertz CT molecular complexity index is 147. The maximum atomic E-state index is 11.4. The van der Waals surface area contributed by atoms with E-state index in [1.54, 1.807) is 0 Å². The molecular formula is C9H19ClN2O. The van der Waals surface area contributed by atoms with Gasteiger partial charge in [-0.05, 0) is 25.7 Å². The summed E-state index contributed by atoms with van der Waals surface area (Å²) in [5, 5.41) is 2.89. The Morgan fingerprint density at radius 3 is 2.46 bits per heavy atom. The minimum Gasteiger partial charge on any atom is -0.338 e. The summed E-state index contributed by atoms with van der Waals surface area (Å²) in [5.41, 5.74) is 0. The normalized spacial score (nSPS) is 16.2. The average Bonchev–Trinajstić information content (AvgIpc) is 2.15. The van der Waals surface area contributed by atoms with Gasteiger partial charge in [0.2, 0.25) is 0 Å². The fourth-order valence-electron chi connectivity index (χ4n) is 1.44. The van der Waals surface area contributed by atoms with Crippen LogP contribution in [0.2, 0.25) is 0 Å². The predicted octanol–water partition coefficient (Wildman–Crippen LogP) is 2.01. The van der Waals surface area contributed by atoms with Gasteiger partial charge >= 0.3 is 6.03 Å². The first-order chi connectivity index (χ1) is 5.84. The highest BCUT2D eigenvalue weighted by atomic mass is 35.5. The van der Waals surface area contributed by atoms with E-state index in [0.717, 1.165) is 26.1 Å². The van der Waals surface area contributed by atoms with Gasteiger partial charge in [0.05, 0.1) is 0 Å². The molecule has 78 valence electrons. The monoisotopic (exact) mass is 206 g/mol. The first-order valence-electron chi connectivity index (χ1n) is 4.87. The number of nitrogens with zero attached hydrogens (tertiary/aromatic N) is 1. The first kappa shape index (κ1) is 12.6. The van der Waals surface area contributed by atoms with E-state index < -0.39 is 0 Å². The van der Waals surface area contributed by atoms with Crippen molar-refractivity contribution in [2.75, 3.05) is 19.6 Å². The van der Waals surface area contributed by atoms with E-state index in [2.05, 4.69) is 12.2 Å². The van der Waals surface area contributed by atoms with Crippen molar-refractivity contribution < 1.29 is 4.79 Å². The molecule has 3 nitrogen and oxygen atoms in total. The van der Waals surface area contributed by atoms with Gasteiger partial charge in [0, 0.05) is 19.6 Å². The van der Waals surface area contributed by atoms with E-state index in [1.807, 2.05) is 4.90 Å². The average molecular weight is 207 g/mol. The summed E-state index contributed by atoms with van der Waals surface area (Å²) < 4.78 is 0. The predicted molar refractivity (Wildman–Crippen MR) is 56.4 cm³/mol. The minimum absolute atomic E-state index is 0. The van der Waals surface area contributed by atoms with E-state index in [1.165, 1.54) is 19.3 Å². The van der Waals surface area contributed by atoms with Crippen LogP contribution in [0.3, 0.4) is 0 Å². The molecule has 0 radical (unpaired) electrons. The maximum Gasteiger partial charge on any atom is 0.317 e. The molecule has 2 amide bonds. The molecule has 0 atom stereocenters. The smallest absolute Gasteiger partial charge is 0.317 e. The van der Waals surface area contributed by atoms with Gasteiger partial charge in [0.1, 0.15) is 0 Å². The molecule has 4 heteroatoms. The molecule has 1 heterocycles. The van der Waals surface area contributed by atoms with Gasteiger partial charge in [-0.2, -0.15) is 0 Å². The molecule has 0 bridgehead atoms. The molecule has 0 saturated carbocycles. The second-order valence-corrected chi connectivity index (χ2v) is 3.28. The summed E-state index contributed by atoms with van der Waals surface area (Å²) in [7, 11) is 0. The van der Waals surface area contributed by atoms with Crippen molar-refractivity contribution in [2.45, 2.75) is 32.6 Å². The summed E-state index contributed by atoms with van der Waals surface area (Å²) in [4.78, 5) is 13.3. The third kappa shape index (κ3) is 4.36. The van der Waals surface area contributed by atoms with Gasteiger partial charge in [0.15, 0.2) is 0 Å². The third-order valence-electron chi connectivity index (χ3n) is 2.17. The lowest BCUT2D eigenvalue weighted by Crippen LogP contribution is -2.42. The van der Waals surface area contributed by atoms with Crippen LogP contribution >= 0.6 is 12.4 Å². The van der Waals surface area contributed by atoms with E-state index >= 15 is 0 Å². The van der Waals surface area contributed by atoms with Crippen LogP contribution in [-0.2, 0) is 0 Å². The number of urea groups is 1. The summed E-state index contributed by atoms with van der Waals surface area (Å²) in [6, 6.07) is 0.122. The summed E-state index contributed by atoms with van der Waals surface area (Å²) in [5.74, 6) is 0. The van der Waals surface area contributed by atoms with Gasteiger partial charge in [-0.15, -0.1) is 12.4 Å². The molecule has 1 rings (SSSR count). The molecule has 1 aliphatic heterocycles. The maximum absolute atomic E-state index is 11.4. The Hall–Kier alpha value is -0.440. The number of piperidine rings is 1. The van der Waals surface area contributed by atoms with E-state index in [4.69, 9.17) is 0 Å². The molecule has 1 fully saturated rings. The second kappa shape index (κ2) is 7.01. The standard InChI is InChI=1S/C9H18N2O.ClH/c1-2-6-10-9(12)11-7-4-3-5-8-11;/h2-8H2,1H3,(H,10,12);1H. The number of halogens is 1. The van der Waals surface area contributed by atoms with Gasteiger partial charge in [-0.1, -0.05) is 6.92 Å². The van der Waals surface area contributed by atoms with Crippen molar-refractivity contribution in [3.63, 3.8) is 0 Å². The highest BCUT2D eigenvalue weighted by Crippen LogP contribution is 2.07. The highest BCUT2D eigenvalue weighted by Gasteiger charge is 2.14. The number of amides is 2. The van der Waals surface area contributed by atoms with Crippen LogP contribution in [0.5, 0.6) is 0 Å². The zero-order chi connectivity index (χ0) is 8.81. The van der Waals surface area contributed by atoms with Gasteiger partial charge in [-0.25, -0.2) is 4.79 Å². The lowest BCUT2D eigenvalue weighted by atomic mass is 10.1. The van der Waals surface area contributed by atoms with Gasteiger partial charge < -0.3 is 10.2 Å². The van der Waals surface area contributed by atoms with Crippen LogP contribution in [0.4, 0.5) is 4.79 Å². The number of carbonyl (C=O) groups is 1. The van der Waals surface area contributed by atoms with Crippen LogP contribution in [-0.4, -0.2) is 30.6 Å². The van der Waals surface area contributed by atoms with Crippen molar-refractivity contribution in [2.24, 2.45) is 0 Å². The summed E-state index contributed by atoms with van der Waals surface area (Å²) in [6.45, 7) is 4.75.